The lowest BCUT2D eigenvalue weighted by molar-refractivity contribution is -0.143. The molecule has 2 aromatic carbocycles. The molecule has 38 heavy (non-hydrogen) atoms. The summed E-state index contributed by atoms with van der Waals surface area (Å²) in [6.45, 7) is 0.953. The SMILES string of the molecule is COC(=O)C1CC(COS(C)(=O)=O)CCCN(C(=O)OCc2ccccc2)CCc2c1[nH]c1ccccc21. The van der Waals surface area contributed by atoms with Crippen molar-refractivity contribution in [1.82, 2.24) is 9.88 Å². The first kappa shape index (κ1) is 27.7. The molecular formula is C28H34N2O7S. The van der Waals surface area contributed by atoms with Gasteiger partial charge in [0, 0.05) is 29.7 Å². The number of nitrogens with one attached hydrogen (secondary N) is 1. The monoisotopic (exact) mass is 542 g/mol. The molecule has 204 valence electrons. The predicted molar refractivity (Wildman–Crippen MR) is 143 cm³/mol. The third-order valence-corrected chi connectivity index (χ3v) is 7.47. The minimum Gasteiger partial charge on any atom is -0.469 e. The number of aromatic amines is 1. The Balaban J connectivity index is 1.65. The van der Waals surface area contributed by atoms with Crippen LogP contribution in [0.15, 0.2) is 54.6 Å². The van der Waals surface area contributed by atoms with E-state index in [0.717, 1.165) is 34.0 Å². The smallest absolute Gasteiger partial charge is 0.410 e. The van der Waals surface area contributed by atoms with Crippen LogP contribution in [0, 0.1) is 5.92 Å². The molecule has 10 heteroatoms. The van der Waals surface area contributed by atoms with Crippen molar-refractivity contribution in [3.63, 3.8) is 0 Å². The first-order valence-corrected chi connectivity index (χ1v) is 14.5. The van der Waals surface area contributed by atoms with Crippen LogP contribution in [-0.4, -0.2) is 63.4 Å². The summed E-state index contributed by atoms with van der Waals surface area (Å²) in [7, 11) is -2.31. The molecule has 1 amide bonds. The second-order valence-corrected chi connectivity index (χ2v) is 11.3. The largest absolute Gasteiger partial charge is 0.469 e. The second kappa shape index (κ2) is 12.4. The number of aromatic nitrogens is 1. The van der Waals surface area contributed by atoms with Gasteiger partial charge in [0.1, 0.15) is 6.61 Å². The number of H-pyrrole nitrogens is 1. The normalized spacial score (nSPS) is 18.8. The number of methoxy groups -OCH3 is 1. The fourth-order valence-corrected chi connectivity index (χ4v) is 5.45. The topological polar surface area (TPSA) is 115 Å². The number of rotatable bonds is 6. The van der Waals surface area contributed by atoms with Gasteiger partial charge >= 0.3 is 12.1 Å². The summed E-state index contributed by atoms with van der Waals surface area (Å²) in [6.07, 6.45) is 2.61. The molecule has 1 N–H and O–H groups in total. The van der Waals surface area contributed by atoms with E-state index in [1.54, 1.807) is 4.90 Å². The van der Waals surface area contributed by atoms with Crippen molar-refractivity contribution in [1.29, 1.82) is 0 Å². The van der Waals surface area contributed by atoms with E-state index in [4.69, 9.17) is 13.7 Å². The summed E-state index contributed by atoms with van der Waals surface area (Å²) in [5, 5.41) is 0.970. The third-order valence-electron chi connectivity index (χ3n) is 6.90. The first-order valence-electron chi connectivity index (χ1n) is 12.7. The van der Waals surface area contributed by atoms with E-state index < -0.39 is 28.1 Å². The fraction of sp³-hybridized carbons (Fsp3) is 0.429. The van der Waals surface area contributed by atoms with Crippen LogP contribution in [0.2, 0.25) is 0 Å². The van der Waals surface area contributed by atoms with E-state index in [-0.39, 0.29) is 19.1 Å². The maximum absolute atomic E-state index is 13.1. The van der Waals surface area contributed by atoms with Gasteiger partial charge in [-0.25, -0.2) is 4.79 Å². The molecule has 4 rings (SSSR count). The molecule has 2 unspecified atom stereocenters. The molecular weight excluding hydrogens is 508 g/mol. The Morgan fingerprint density at radius 1 is 1.05 bits per heavy atom. The third kappa shape index (κ3) is 7.14. The molecule has 9 nitrogen and oxygen atoms in total. The Bertz CT molecular complexity index is 1350. The van der Waals surface area contributed by atoms with E-state index in [0.29, 0.717) is 38.8 Å². The van der Waals surface area contributed by atoms with Crippen molar-refractivity contribution in [3.05, 3.63) is 71.4 Å². The molecule has 0 spiro atoms. The highest BCUT2D eigenvalue weighted by Crippen LogP contribution is 2.35. The number of amides is 1. The highest BCUT2D eigenvalue weighted by atomic mass is 32.2. The van der Waals surface area contributed by atoms with E-state index in [1.165, 1.54) is 7.11 Å². The van der Waals surface area contributed by atoms with Gasteiger partial charge in [-0.3, -0.25) is 8.98 Å². The quantitative estimate of drug-likeness (QED) is 0.363. The lowest BCUT2D eigenvalue weighted by atomic mass is 9.87. The maximum Gasteiger partial charge on any atom is 0.410 e. The number of fused-ring (bicyclic) bond motifs is 3. The average Bonchev–Trinajstić information content (AvgIpc) is 3.26. The Kier molecular flexibility index (Phi) is 9.06. The van der Waals surface area contributed by atoms with Crippen LogP contribution in [0.5, 0.6) is 0 Å². The molecule has 1 aliphatic rings. The van der Waals surface area contributed by atoms with Gasteiger partial charge in [0.2, 0.25) is 0 Å². The Morgan fingerprint density at radius 2 is 1.79 bits per heavy atom. The molecule has 0 radical (unpaired) electrons. The number of hydrogen-bond acceptors (Lipinski definition) is 7. The zero-order valence-corrected chi connectivity index (χ0v) is 22.5. The lowest BCUT2D eigenvalue weighted by Gasteiger charge is -2.23. The van der Waals surface area contributed by atoms with E-state index in [9.17, 15) is 18.0 Å². The van der Waals surface area contributed by atoms with Gasteiger partial charge in [0.05, 0.1) is 25.9 Å². The van der Waals surface area contributed by atoms with Crippen molar-refractivity contribution in [2.75, 3.05) is 33.1 Å². The van der Waals surface area contributed by atoms with Gasteiger partial charge in [0.25, 0.3) is 10.1 Å². The highest BCUT2D eigenvalue weighted by molar-refractivity contribution is 7.85. The van der Waals surface area contributed by atoms with E-state index in [2.05, 4.69) is 4.98 Å². The molecule has 3 aromatic rings. The molecule has 0 bridgehead atoms. The summed E-state index contributed by atoms with van der Waals surface area (Å²) in [6, 6.07) is 17.3. The fourth-order valence-electron chi connectivity index (χ4n) is 5.01. The zero-order chi connectivity index (χ0) is 27.1. The first-order chi connectivity index (χ1) is 18.2. The van der Waals surface area contributed by atoms with Crippen LogP contribution in [0.25, 0.3) is 10.9 Å². The van der Waals surface area contributed by atoms with Crippen molar-refractivity contribution in [3.8, 4) is 0 Å². The van der Waals surface area contributed by atoms with Gasteiger partial charge in [-0.05, 0) is 48.8 Å². The van der Waals surface area contributed by atoms with Gasteiger partial charge in [-0.1, -0.05) is 48.5 Å². The second-order valence-electron chi connectivity index (χ2n) is 9.65. The molecule has 2 heterocycles. The van der Waals surface area contributed by atoms with Crippen LogP contribution in [-0.2, 0) is 41.6 Å². The summed E-state index contributed by atoms with van der Waals surface area (Å²) in [5.74, 6) is -1.29. The molecule has 1 aliphatic heterocycles. The van der Waals surface area contributed by atoms with Crippen LogP contribution >= 0.6 is 0 Å². The highest BCUT2D eigenvalue weighted by Gasteiger charge is 2.32. The van der Waals surface area contributed by atoms with Crippen LogP contribution < -0.4 is 0 Å². The van der Waals surface area contributed by atoms with Gasteiger partial charge in [-0.15, -0.1) is 0 Å². The zero-order valence-electron chi connectivity index (χ0n) is 21.7. The molecule has 0 fully saturated rings. The molecule has 0 saturated heterocycles. The van der Waals surface area contributed by atoms with Crippen LogP contribution in [0.3, 0.4) is 0 Å². The Morgan fingerprint density at radius 3 is 2.53 bits per heavy atom. The summed E-state index contributed by atoms with van der Waals surface area (Å²) in [5.41, 5.74) is 3.44. The number of hydrogen-bond donors (Lipinski definition) is 1. The summed E-state index contributed by atoms with van der Waals surface area (Å²) < 4.78 is 39.4. The van der Waals surface area contributed by atoms with Crippen molar-refractivity contribution < 1.29 is 31.7 Å². The number of carbonyl (C=O) groups is 2. The number of esters is 1. The standard InChI is InChI=1S/C28H34N2O7S/c1-35-27(31)24-17-21(19-37-38(2,33)34)11-8-15-30(28(32)36-18-20-9-4-3-5-10-20)16-14-23-22-12-6-7-13-25(22)29-26(23)24/h3-7,9-10,12-13,21,24,29H,8,11,14-19H2,1-2H3. The number of nitrogens with zero attached hydrogens (tertiary/aromatic N) is 1. The van der Waals surface area contributed by atoms with Gasteiger partial charge in [-0.2, -0.15) is 8.42 Å². The number of ether oxygens (including phenoxy) is 2. The van der Waals surface area contributed by atoms with Crippen molar-refractivity contribution in [2.45, 2.75) is 38.2 Å². The maximum atomic E-state index is 13.1. The van der Waals surface area contributed by atoms with Gasteiger partial charge < -0.3 is 19.4 Å². The van der Waals surface area contributed by atoms with Crippen LogP contribution in [0.1, 0.15) is 42.0 Å². The minimum absolute atomic E-state index is 0.0552. The number of para-hydroxylation sites is 1. The predicted octanol–water partition coefficient (Wildman–Crippen LogP) is 4.38. The van der Waals surface area contributed by atoms with E-state index >= 15 is 0 Å². The van der Waals surface area contributed by atoms with Crippen LogP contribution in [0.4, 0.5) is 4.79 Å². The molecule has 2 atom stereocenters. The summed E-state index contributed by atoms with van der Waals surface area (Å²) >= 11 is 0. The van der Waals surface area contributed by atoms with Gasteiger partial charge in [0.15, 0.2) is 0 Å². The molecule has 0 aliphatic carbocycles. The van der Waals surface area contributed by atoms with Crippen molar-refractivity contribution >= 4 is 33.1 Å². The summed E-state index contributed by atoms with van der Waals surface area (Å²) in [4.78, 5) is 31.2. The molecule has 1 aromatic heterocycles. The van der Waals surface area contributed by atoms with Crippen molar-refractivity contribution in [2.24, 2.45) is 5.92 Å². The Labute approximate surface area is 223 Å². The number of carbonyl (C=O) groups excluding carboxylic acids is 2. The minimum atomic E-state index is -3.66. The van der Waals surface area contributed by atoms with E-state index in [1.807, 2.05) is 54.6 Å². The average molecular weight is 543 g/mol. The molecule has 0 saturated carbocycles. The number of benzene rings is 2. The lowest BCUT2D eigenvalue weighted by Crippen LogP contribution is -2.34. The Hall–Kier alpha value is -3.37.